The SMILES string of the molecule is CCOC(=O)/C=C/C(CCc1ccccc1)N(C)Cc1ccc(OC)cc1OC. The second-order valence-corrected chi connectivity index (χ2v) is 6.80. The first-order chi connectivity index (χ1) is 14.1. The maximum absolute atomic E-state index is 11.8. The standard InChI is InChI=1S/C24H31NO4/c1-5-29-24(26)16-14-21(13-11-19-9-7-6-8-10-19)25(2)18-20-12-15-22(27-3)17-23(20)28-4/h6-10,12,14-17,21H,5,11,13,18H2,1-4H3/b16-14+. The van der Waals surface area contributed by atoms with E-state index in [-0.39, 0.29) is 12.0 Å². The molecule has 0 fully saturated rings. The maximum Gasteiger partial charge on any atom is 0.330 e. The van der Waals surface area contributed by atoms with Crippen LogP contribution in [0.15, 0.2) is 60.7 Å². The lowest BCUT2D eigenvalue weighted by atomic mass is 10.0. The Morgan fingerprint density at radius 2 is 1.86 bits per heavy atom. The molecule has 0 bridgehead atoms. The number of likely N-dealkylation sites (N-methyl/N-ethyl adjacent to an activating group) is 1. The molecule has 0 saturated carbocycles. The highest BCUT2D eigenvalue weighted by Gasteiger charge is 2.16. The third kappa shape index (κ3) is 7.27. The van der Waals surface area contributed by atoms with E-state index in [1.165, 1.54) is 11.6 Å². The number of hydrogen-bond donors (Lipinski definition) is 0. The van der Waals surface area contributed by atoms with Gasteiger partial charge < -0.3 is 14.2 Å². The fraction of sp³-hybridized carbons (Fsp3) is 0.375. The maximum atomic E-state index is 11.8. The highest BCUT2D eigenvalue weighted by Crippen LogP contribution is 2.26. The Bertz CT molecular complexity index is 789. The Labute approximate surface area is 173 Å². The first-order valence-electron chi connectivity index (χ1n) is 9.87. The van der Waals surface area contributed by atoms with Gasteiger partial charge in [-0.3, -0.25) is 4.90 Å². The Balaban J connectivity index is 2.14. The van der Waals surface area contributed by atoms with Crippen molar-refractivity contribution in [2.45, 2.75) is 32.4 Å². The van der Waals surface area contributed by atoms with Crippen molar-refractivity contribution in [1.29, 1.82) is 0 Å². The van der Waals surface area contributed by atoms with E-state index in [1.54, 1.807) is 21.1 Å². The lowest BCUT2D eigenvalue weighted by Crippen LogP contribution is -2.30. The van der Waals surface area contributed by atoms with Crippen molar-refractivity contribution in [3.8, 4) is 11.5 Å². The number of methoxy groups -OCH3 is 2. The highest BCUT2D eigenvalue weighted by molar-refractivity contribution is 5.81. The summed E-state index contributed by atoms with van der Waals surface area (Å²) in [5.74, 6) is 1.23. The summed E-state index contributed by atoms with van der Waals surface area (Å²) < 4.78 is 15.8. The fourth-order valence-corrected chi connectivity index (χ4v) is 3.17. The second kappa shape index (κ2) is 11.9. The smallest absolute Gasteiger partial charge is 0.330 e. The molecule has 0 amide bonds. The van der Waals surface area contributed by atoms with E-state index in [1.807, 2.05) is 42.5 Å². The summed E-state index contributed by atoms with van der Waals surface area (Å²) in [6, 6.07) is 16.3. The van der Waals surface area contributed by atoms with Gasteiger partial charge in [-0.25, -0.2) is 4.79 Å². The van der Waals surface area contributed by atoms with Gasteiger partial charge in [0.05, 0.1) is 20.8 Å². The summed E-state index contributed by atoms with van der Waals surface area (Å²) in [6.07, 6.45) is 5.26. The van der Waals surface area contributed by atoms with Crippen molar-refractivity contribution in [2.24, 2.45) is 0 Å². The van der Waals surface area contributed by atoms with E-state index in [4.69, 9.17) is 14.2 Å². The number of esters is 1. The van der Waals surface area contributed by atoms with Gasteiger partial charge in [0.25, 0.3) is 0 Å². The van der Waals surface area contributed by atoms with E-state index in [2.05, 4.69) is 24.1 Å². The molecule has 0 radical (unpaired) electrons. The highest BCUT2D eigenvalue weighted by atomic mass is 16.5. The van der Waals surface area contributed by atoms with E-state index in [9.17, 15) is 4.79 Å². The molecule has 0 N–H and O–H groups in total. The number of ether oxygens (including phenoxy) is 3. The van der Waals surface area contributed by atoms with Crippen molar-refractivity contribution in [3.05, 3.63) is 71.8 Å². The molecule has 5 heteroatoms. The van der Waals surface area contributed by atoms with Gasteiger partial charge in [-0.05, 0) is 38.4 Å². The van der Waals surface area contributed by atoms with Crippen LogP contribution in [0.2, 0.25) is 0 Å². The molecular weight excluding hydrogens is 366 g/mol. The zero-order valence-electron chi connectivity index (χ0n) is 17.8. The summed E-state index contributed by atoms with van der Waals surface area (Å²) in [5.41, 5.74) is 2.34. The van der Waals surface area contributed by atoms with Gasteiger partial charge in [0.15, 0.2) is 0 Å². The first-order valence-corrected chi connectivity index (χ1v) is 9.87. The monoisotopic (exact) mass is 397 g/mol. The third-order valence-electron chi connectivity index (χ3n) is 4.79. The molecule has 2 rings (SSSR count). The Kier molecular flexibility index (Phi) is 9.25. The number of rotatable bonds is 11. The number of benzene rings is 2. The Morgan fingerprint density at radius 3 is 2.52 bits per heavy atom. The average molecular weight is 398 g/mol. The zero-order valence-corrected chi connectivity index (χ0v) is 17.8. The van der Waals surface area contributed by atoms with Gasteiger partial charge in [-0.2, -0.15) is 0 Å². The van der Waals surface area contributed by atoms with E-state index < -0.39 is 0 Å². The molecule has 0 saturated heterocycles. The molecule has 0 aromatic heterocycles. The van der Waals surface area contributed by atoms with Crippen LogP contribution in [-0.2, 0) is 22.5 Å². The normalized spacial score (nSPS) is 12.2. The molecule has 5 nitrogen and oxygen atoms in total. The predicted molar refractivity (Wildman–Crippen MR) is 115 cm³/mol. The van der Waals surface area contributed by atoms with Gasteiger partial charge in [0, 0.05) is 30.3 Å². The lowest BCUT2D eigenvalue weighted by molar-refractivity contribution is -0.137. The summed E-state index contributed by atoms with van der Waals surface area (Å²) in [7, 11) is 5.35. The predicted octanol–water partition coefficient (Wildman–Crippen LogP) is 4.26. The van der Waals surface area contributed by atoms with Crippen molar-refractivity contribution in [1.82, 2.24) is 4.90 Å². The number of carbonyl (C=O) groups is 1. The van der Waals surface area contributed by atoms with Crippen LogP contribution in [-0.4, -0.2) is 44.8 Å². The average Bonchev–Trinajstić information content (AvgIpc) is 2.74. The summed E-state index contributed by atoms with van der Waals surface area (Å²) in [5, 5.41) is 0. The summed E-state index contributed by atoms with van der Waals surface area (Å²) >= 11 is 0. The number of carbonyl (C=O) groups excluding carboxylic acids is 1. The van der Waals surface area contributed by atoms with Crippen LogP contribution in [0.1, 0.15) is 24.5 Å². The van der Waals surface area contributed by atoms with E-state index >= 15 is 0 Å². The largest absolute Gasteiger partial charge is 0.497 e. The van der Waals surface area contributed by atoms with Crippen LogP contribution in [0.25, 0.3) is 0 Å². The van der Waals surface area contributed by atoms with Crippen molar-refractivity contribution in [2.75, 3.05) is 27.9 Å². The fourth-order valence-electron chi connectivity index (χ4n) is 3.17. The summed E-state index contributed by atoms with van der Waals surface area (Å²) in [6.45, 7) is 2.86. The van der Waals surface area contributed by atoms with E-state index in [0.29, 0.717) is 13.2 Å². The number of aryl methyl sites for hydroxylation is 1. The molecule has 0 aliphatic rings. The Hall–Kier alpha value is -2.79. The van der Waals surface area contributed by atoms with E-state index in [0.717, 1.165) is 29.9 Å². The van der Waals surface area contributed by atoms with Crippen LogP contribution in [0.5, 0.6) is 11.5 Å². The second-order valence-electron chi connectivity index (χ2n) is 6.80. The molecule has 156 valence electrons. The van der Waals surface area contributed by atoms with Crippen LogP contribution >= 0.6 is 0 Å². The molecule has 29 heavy (non-hydrogen) atoms. The quantitative estimate of drug-likeness (QED) is 0.419. The third-order valence-corrected chi connectivity index (χ3v) is 4.79. The minimum Gasteiger partial charge on any atom is -0.497 e. The molecular formula is C24H31NO4. The van der Waals surface area contributed by atoms with Crippen LogP contribution < -0.4 is 9.47 Å². The summed E-state index contributed by atoms with van der Waals surface area (Å²) in [4.78, 5) is 14.0. The molecule has 0 heterocycles. The number of nitrogens with zero attached hydrogens (tertiary/aromatic N) is 1. The van der Waals surface area contributed by atoms with Gasteiger partial charge in [0.1, 0.15) is 11.5 Å². The zero-order chi connectivity index (χ0) is 21.1. The van der Waals surface area contributed by atoms with Gasteiger partial charge in [0.2, 0.25) is 0 Å². The molecule has 2 aromatic carbocycles. The van der Waals surface area contributed by atoms with Gasteiger partial charge in [-0.15, -0.1) is 0 Å². The van der Waals surface area contributed by atoms with Crippen LogP contribution in [0.4, 0.5) is 0 Å². The van der Waals surface area contributed by atoms with Crippen molar-refractivity contribution >= 4 is 5.97 Å². The van der Waals surface area contributed by atoms with Crippen LogP contribution in [0, 0.1) is 0 Å². The van der Waals surface area contributed by atoms with Gasteiger partial charge in [-0.1, -0.05) is 42.5 Å². The van der Waals surface area contributed by atoms with Gasteiger partial charge >= 0.3 is 5.97 Å². The van der Waals surface area contributed by atoms with Crippen molar-refractivity contribution < 1.29 is 19.0 Å². The molecule has 0 aliphatic heterocycles. The molecule has 1 atom stereocenters. The first kappa shape index (κ1) is 22.5. The molecule has 0 spiro atoms. The Morgan fingerprint density at radius 1 is 1.10 bits per heavy atom. The minimum atomic E-state index is -0.312. The topological polar surface area (TPSA) is 48.0 Å². The van der Waals surface area contributed by atoms with Crippen LogP contribution in [0.3, 0.4) is 0 Å². The molecule has 2 aromatic rings. The van der Waals surface area contributed by atoms with Crippen molar-refractivity contribution in [3.63, 3.8) is 0 Å². The lowest BCUT2D eigenvalue weighted by Gasteiger charge is -2.26. The molecule has 1 unspecified atom stereocenters. The minimum absolute atomic E-state index is 0.0754. The molecule has 0 aliphatic carbocycles. The number of hydrogen-bond acceptors (Lipinski definition) is 5.